The van der Waals surface area contributed by atoms with Gasteiger partial charge in [-0.15, -0.1) is 0 Å². The van der Waals surface area contributed by atoms with Gasteiger partial charge in [0, 0.05) is 25.3 Å². The van der Waals surface area contributed by atoms with E-state index in [1.807, 2.05) is 6.07 Å². The maximum absolute atomic E-state index is 12.2. The molecule has 1 fully saturated rings. The van der Waals surface area contributed by atoms with E-state index < -0.39 is 5.54 Å². The van der Waals surface area contributed by atoms with Gasteiger partial charge in [0.15, 0.2) is 0 Å². The number of carbonyl (C=O) groups excluding carboxylic acids is 2. The number of amides is 2. The molecule has 1 aromatic rings. The van der Waals surface area contributed by atoms with Crippen molar-refractivity contribution < 1.29 is 14.3 Å². The van der Waals surface area contributed by atoms with Crippen molar-refractivity contribution in [2.24, 2.45) is 5.73 Å². The maximum Gasteiger partial charge on any atom is 0.251 e. The van der Waals surface area contributed by atoms with E-state index in [1.54, 1.807) is 32.0 Å². The monoisotopic (exact) mass is 319 g/mol. The fraction of sp³-hybridized carbons (Fsp3) is 0.529. The molecule has 0 bridgehead atoms. The zero-order chi connectivity index (χ0) is 16.9. The summed E-state index contributed by atoms with van der Waals surface area (Å²) in [5.74, 6) is -0.362. The summed E-state index contributed by atoms with van der Waals surface area (Å²) >= 11 is 0. The normalized spacial score (nSPS) is 17.8. The molecule has 0 aromatic heterocycles. The van der Waals surface area contributed by atoms with Crippen LogP contribution in [0.1, 0.15) is 42.6 Å². The van der Waals surface area contributed by atoms with E-state index in [0.717, 1.165) is 25.0 Å². The minimum Gasteiger partial charge on any atom is -0.376 e. The van der Waals surface area contributed by atoms with Crippen LogP contribution in [0, 0.1) is 0 Å². The molecule has 4 N–H and O–H groups in total. The molecule has 1 saturated heterocycles. The molecule has 0 aliphatic carbocycles. The molecule has 1 aliphatic rings. The number of benzene rings is 1. The second kappa shape index (κ2) is 7.57. The maximum atomic E-state index is 12.2. The van der Waals surface area contributed by atoms with Crippen LogP contribution < -0.4 is 16.4 Å². The third-order valence-corrected chi connectivity index (χ3v) is 3.74. The summed E-state index contributed by atoms with van der Waals surface area (Å²) in [6, 6.07) is 7.19. The Labute approximate surface area is 136 Å². The van der Waals surface area contributed by atoms with E-state index >= 15 is 0 Å². The third kappa shape index (κ3) is 5.33. The summed E-state index contributed by atoms with van der Waals surface area (Å²) in [4.78, 5) is 24.0. The molecule has 1 heterocycles. The predicted octanol–water partition coefficient (Wildman–Crippen LogP) is 0.949. The zero-order valence-corrected chi connectivity index (χ0v) is 13.7. The number of hydrogen-bond donors (Lipinski definition) is 3. The third-order valence-electron chi connectivity index (χ3n) is 3.74. The average molecular weight is 319 g/mol. The van der Waals surface area contributed by atoms with E-state index in [4.69, 9.17) is 10.5 Å². The Kier molecular flexibility index (Phi) is 5.74. The Bertz CT molecular complexity index is 560. The number of ether oxygens (including phenoxy) is 1. The predicted molar refractivity (Wildman–Crippen MR) is 87.9 cm³/mol. The molecule has 0 radical (unpaired) electrons. The molecule has 1 aliphatic heterocycles. The largest absolute Gasteiger partial charge is 0.376 e. The van der Waals surface area contributed by atoms with Gasteiger partial charge >= 0.3 is 0 Å². The first-order chi connectivity index (χ1) is 10.9. The van der Waals surface area contributed by atoms with Gasteiger partial charge in [0.25, 0.3) is 5.91 Å². The molecule has 6 nitrogen and oxygen atoms in total. The van der Waals surface area contributed by atoms with Crippen LogP contribution >= 0.6 is 0 Å². The molecular formula is C17H25N3O3. The lowest BCUT2D eigenvalue weighted by Crippen LogP contribution is -2.48. The molecule has 0 spiro atoms. The number of nitrogens with one attached hydrogen (secondary N) is 2. The second-order valence-corrected chi connectivity index (χ2v) is 6.45. The first-order valence-corrected chi connectivity index (χ1v) is 7.92. The smallest absolute Gasteiger partial charge is 0.251 e. The first-order valence-electron chi connectivity index (χ1n) is 7.92. The molecule has 2 rings (SSSR count). The van der Waals surface area contributed by atoms with Crippen LogP contribution in [0.4, 0.5) is 0 Å². The Balaban J connectivity index is 1.88. The highest BCUT2D eigenvalue weighted by Gasteiger charge is 2.21. The highest BCUT2D eigenvalue weighted by Crippen LogP contribution is 2.11. The minimum atomic E-state index is -0.920. The molecule has 2 amide bonds. The number of carbonyl (C=O) groups is 2. The van der Waals surface area contributed by atoms with Crippen LogP contribution in [0.3, 0.4) is 0 Å². The van der Waals surface area contributed by atoms with Crippen molar-refractivity contribution in [1.29, 1.82) is 0 Å². The fourth-order valence-corrected chi connectivity index (χ4v) is 2.35. The van der Waals surface area contributed by atoms with Crippen LogP contribution in [-0.2, 0) is 16.1 Å². The van der Waals surface area contributed by atoms with Crippen molar-refractivity contribution in [1.82, 2.24) is 10.6 Å². The Morgan fingerprint density at radius 3 is 2.78 bits per heavy atom. The quantitative estimate of drug-likeness (QED) is 0.728. The van der Waals surface area contributed by atoms with Crippen molar-refractivity contribution >= 4 is 11.8 Å². The topological polar surface area (TPSA) is 93.5 Å². The molecule has 0 saturated carbocycles. The first kappa shape index (κ1) is 17.4. The van der Waals surface area contributed by atoms with Gasteiger partial charge in [0.2, 0.25) is 5.91 Å². The minimum absolute atomic E-state index is 0.119. The van der Waals surface area contributed by atoms with E-state index in [9.17, 15) is 9.59 Å². The summed E-state index contributed by atoms with van der Waals surface area (Å²) < 4.78 is 5.49. The molecule has 1 aromatic carbocycles. The van der Waals surface area contributed by atoms with E-state index in [2.05, 4.69) is 10.6 Å². The highest BCUT2D eigenvalue weighted by molar-refractivity contribution is 5.94. The number of hydrogen-bond acceptors (Lipinski definition) is 4. The highest BCUT2D eigenvalue weighted by atomic mass is 16.5. The number of nitrogens with two attached hydrogens (primary N) is 1. The summed E-state index contributed by atoms with van der Waals surface area (Å²) in [6.07, 6.45) is 2.15. The van der Waals surface area contributed by atoms with E-state index in [-0.39, 0.29) is 17.9 Å². The van der Waals surface area contributed by atoms with Gasteiger partial charge in [0.05, 0.1) is 11.6 Å². The van der Waals surface area contributed by atoms with Crippen molar-refractivity contribution in [3.63, 3.8) is 0 Å². The van der Waals surface area contributed by atoms with E-state index in [1.165, 1.54) is 0 Å². The lowest BCUT2D eigenvalue weighted by molar-refractivity contribution is -0.125. The van der Waals surface area contributed by atoms with Crippen LogP contribution in [0.5, 0.6) is 0 Å². The van der Waals surface area contributed by atoms with Crippen LogP contribution in [-0.4, -0.2) is 36.6 Å². The van der Waals surface area contributed by atoms with Gasteiger partial charge in [-0.05, 0) is 44.4 Å². The average Bonchev–Trinajstić information content (AvgIpc) is 3.03. The molecular weight excluding hydrogens is 294 g/mol. The molecule has 1 atom stereocenters. The van der Waals surface area contributed by atoms with E-state index in [0.29, 0.717) is 18.7 Å². The lowest BCUT2D eigenvalue weighted by atomic mass is 10.1. The summed E-state index contributed by atoms with van der Waals surface area (Å²) in [6.45, 7) is 4.94. The van der Waals surface area contributed by atoms with Gasteiger partial charge < -0.3 is 21.1 Å². The van der Waals surface area contributed by atoms with Crippen molar-refractivity contribution in [2.45, 2.75) is 44.9 Å². The van der Waals surface area contributed by atoms with Crippen molar-refractivity contribution in [3.8, 4) is 0 Å². The Morgan fingerprint density at radius 2 is 2.13 bits per heavy atom. The van der Waals surface area contributed by atoms with Crippen LogP contribution in [0.2, 0.25) is 0 Å². The number of rotatable bonds is 6. The summed E-state index contributed by atoms with van der Waals surface area (Å²) in [7, 11) is 0. The lowest BCUT2D eigenvalue weighted by Gasteiger charge is -2.18. The van der Waals surface area contributed by atoms with Gasteiger partial charge in [0.1, 0.15) is 0 Å². The molecule has 126 valence electrons. The second-order valence-electron chi connectivity index (χ2n) is 6.45. The van der Waals surface area contributed by atoms with Crippen molar-refractivity contribution in [3.05, 3.63) is 35.4 Å². The molecule has 6 heteroatoms. The van der Waals surface area contributed by atoms with Crippen molar-refractivity contribution in [2.75, 3.05) is 13.2 Å². The summed E-state index contributed by atoms with van der Waals surface area (Å²) in [5, 5.41) is 5.65. The van der Waals surface area contributed by atoms with Crippen LogP contribution in [0.15, 0.2) is 24.3 Å². The van der Waals surface area contributed by atoms with Gasteiger partial charge in [-0.25, -0.2) is 0 Å². The standard InChI is InChI=1S/C17H25N3O3/c1-17(2,18)16(22)20-10-12-5-3-6-13(9-12)15(21)19-11-14-7-4-8-23-14/h3,5-6,9,14H,4,7-8,10-11,18H2,1-2H3,(H,19,21)(H,20,22). The zero-order valence-electron chi connectivity index (χ0n) is 13.7. The van der Waals surface area contributed by atoms with Crippen LogP contribution in [0.25, 0.3) is 0 Å². The Hall–Kier alpha value is -1.92. The van der Waals surface area contributed by atoms with Gasteiger partial charge in [-0.1, -0.05) is 12.1 Å². The Morgan fingerprint density at radius 1 is 1.35 bits per heavy atom. The molecule has 23 heavy (non-hydrogen) atoms. The molecule has 1 unspecified atom stereocenters. The fourth-order valence-electron chi connectivity index (χ4n) is 2.35. The van der Waals surface area contributed by atoms with Gasteiger partial charge in [-0.2, -0.15) is 0 Å². The van der Waals surface area contributed by atoms with Gasteiger partial charge in [-0.3, -0.25) is 9.59 Å². The SMILES string of the molecule is CC(C)(N)C(=O)NCc1cccc(C(=O)NCC2CCCO2)c1. The summed E-state index contributed by atoms with van der Waals surface area (Å²) in [5.41, 5.74) is 6.24.